The minimum Gasteiger partial charge on any atom is -0.322 e. The van der Waals surface area contributed by atoms with Crippen LogP contribution in [0.25, 0.3) is 0 Å². The van der Waals surface area contributed by atoms with E-state index in [-0.39, 0.29) is 0 Å². The maximum Gasteiger partial charge on any atom is 0.335 e. The van der Waals surface area contributed by atoms with Gasteiger partial charge >= 0.3 is 6.03 Å². The highest BCUT2D eigenvalue weighted by atomic mass is 16.2. The van der Waals surface area contributed by atoms with Crippen molar-refractivity contribution in [3.63, 3.8) is 0 Å². The second-order valence-corrected chi connectivity index (χ2v) is 5.14. The number of hydrogen-bond acceptors (Lipinski definition) is 4. The molecule has 126 valence electrons. The zero-order chi connectivity index (χ0) is 17.6. The Morgan fingerprint density at radius 3 is 2.56 bits per heavy atom. The molecule has 3 rings (SSSR count). The monoisotopic (exact) mass is 337 g/mol. The molecule has 1 aliphatic heterocycles. The predicted molar refractivity (Wildman–Crippen MR) is 91.8 cm³/mol. The van der Waals surface area contributed by atoms with Crippen LogP contribution in [0.5, 0.6) is 0 Å². The summed E-state index contributed by atoms with van der Waals surface area (Å²) in [6.07, 6.45) is -0.850. The Hall–Kier alpha value is -3.68. The molecule has 8 heteroatoms. The molecule has 0 aromatic heterocycles. The first-order valence-electron chi connectivity index (χ1n) is 7.48. The van der Waals surface area contributed by atoms with Gasteiger partial charge in [-0.2, -0.15) is 0 Å². The molecule has 4 N–H and O–H groups in total. The Morgan fingerprint density at radius 1 is 1.08 bits per heavy atom. The molecular weight excluding hydrogens is 322 g/mol. The van der Waals surface area contributed by atoms with E-state index >= 15 is 0 Å². The van der Waals surface area contributed by atoms with Gasteiger partial charge < -0.3 is 10.6 Å². The standard InChI is InChI=1S/C17H15N5O3/c23-10-18-22-17(25)21-15-16(24)19-13-9-5-4-8-12(13)14(20-15)11-6-2-1-3-7-11/h1-10,15H,(H,18,23)(H,19,24)(H2,21,22,25). The number of hydrazine groups is 1. The van der Waals surface area contributed by atoms with Gasteiger partial charge in [0.2, 0.25) is 12.6 Å². The summed E-state index contributed by atoms with van der Waals surface area (Å²) in [5.41, 5.74) is 6.82. The summed E-state index contributed by atoms with van der Waals surface area (Å²) in [5, 5.41) is 5.15. The highest BCUT2D eigenvalue weighted by molar-refractivity contribution is 6.19. The lowest BCUT2D eigenvalue weighted by atomic mass is 10.0. The lowest BCUT2D eigenvalue weighted by Gasteiger charge is -2.13. The molecule has 0 saturated heterocycles. The molecule has 0 spiro atoms. The average Bonchev–Trinajstić information content (AvgIpc) is 2.77. The lowest BCUT2D eigenvalue weighted by Crippen LogP contribution is -2.50. The number of benzodiazepines with no additional fused rings is 1. The van der Waals surface area contributed by atoms with E-state index < -0.39 is 18.1 Å². The van der Waals surface area contributed by atoms with E-state index in [2.05, 4.69) is 21.1 Å². The summed E-state index contributed by atoms with van der Waals surface area (Å²) in [4.78, 5) is 38.8. The van der Waals surface area contributed by atoms with Crippen molar-refractivity contribution in [2.24, 2.45) is 4.99 Å². The van der Waals surface area contributed by atoms with Gasteiger partial charge in [-0.15, -0.1) is 0 Å². The van der Waals surface area contributed by atoms with Crippen LogP contribution >= 0.6 is 0 Å². The predicted octanol–water partition coefficient (Wildman–Crippen LogP) is 0.762. The van der Waals surface area contributed by atoms with E-state index in [9.17, 15) is 14.4 Å². The molecular formula is C17H15N5O3. The first kappa shape index (κ1) is 16.2. The van der Waals surface area contributed by atoms with Crippen molar-refractivity contribution < 1.29 is 14.4 Å². The molecule has 2 aromatic carbocycles. The third kappa shape index (κ3) is 3.63. The number of amides is 4. The van der Waals surface area contributed by atoms with Crippen LogP contribution in [-0.4, -0.2) is 30.2 Å². The van der Waals surface area contributed by atoms with Gasteiger partial charge in [0.05, 0.1) is 11.4 Å². The van der Waals surface area contributed by atoms with Crippen molar-refractivity contribution in [1.29, 1.82) is 0 Å². The summed E-state index contributed by atoms with van der Waals surface area (Å²) in [5.74, 6) is -0.486. The fraction of sp³-hybridized carbons (Fsp3) is 0.0588. The van der Waals surface area contributed by atoms with Gasteiger partial charge in [0.1, 0.15) is 0 Å². The van der Waals surface area contributed by atoms with Crippen LogP contribution in [0.4, 0.5) is 10.5 Å². The topological polar surface area (TPSA) is 112 Å². The number of nitrogens with zero attached hydrogens (tertiary/aromatic N) is 1. The zero-order valence-electron chi connectivity index (χ0n) is 13.0. The normalized spacial score (nSPS) is 15.8. The highest BCUT2D eigenvalue weighted by Crippen LogP contribution is 2.23. The average molecular weight is 337 g/mol. The number of benzene rings is 2. The van der Waals surface area contributed by atoms with E-state index in [1.165, 1.54) is 0 Å². The number of para-hydroxylation sites is 1. The SMILES string of the molecule is O=CNNC(=O)NC1N=C(c2ccccc2)c2ccccc2NC1=O. The third-order valence-corrected chi connectivity index (χ3v) is 3.51. The van der Waals surface area contributed by atoms with Crippen molar-refractivity contribution in [1.82, 2.24) is 16.2 Å². The number of carbonyl (C=O) groups excluding carboxylic acids is 3. The maximum atomic E-state index is 12.4. The van der Waals surface area contributed by atoms with E-state index in [1.807, 2.05) is 47.9 Å². The van der Waals surface area contributed by atoms with Gasteiger partial charge in [-0.05, 0) is 6.07 Å². The molecule has 4 amide bonds. The number of rotatable bonds is 4. The minimum atomic E-state index is -1.16. The number of nitrogens with one attached hydrogen (secondary N) is 4. The second-order valence-electron chi connectivity index (χ2n) is 5.14. The fourth-order valence-corrected chi connectivity index (χ4v) is 2.44. The van der Waals surface area contributed by atoms with Crippen molar-refractivity contribution in [3.05, 3.63) is 65.7 Å². The van der Waals surface area contributed by atoms with Gasteiger partial charge in [-0.3, -0.25) is 15.0 Å². The fourth-order valence-electron chi connectivity index (χ4n) is 2.44. The summed E-state index contributed by atoms with van der Waals surface area (Å²) >= 11 is 0. The molecule has 25 heavy (non-hydrogen) atoms. The number of anilines is 1. The number of hydrogen-bond donors (Lipinski definition) is 4. The Labute approximate surface area is 143 Å². The van der Waals surface area contributed by atoms with E-state index in [4.69, 9.17) is 0 Å². The zero-order valence-corrected chi connectivity index (χ0v) is 13.0. The van der Waals surface area contributed by atoms with Crippen LogP contribution in [0.1, 0.15) is 11.1 Å². The first-order valence-corrected chi connectivity index (χ1v) is 7.48. The number of aliphatic imine (C=N–C) groups is 1. The maximum absolute atomic E-state index is 12.4. The summed E-state index contributed by atoms with van der Waals surface area (Å²) in [6, 6.07) is 15.9. The molecule has 0 radical (unpaired) electrons. The third-order valence-electron chi connectivity index (χ3n) is 3.51. The molecule has 1 unspecified atom stereocenters. The molecule has 8 nitrogen and oxygen atoms in total. The number of fused-ring (bicyclic) bond motifs is 1. The molecule has 0 fully saturated rings. The van der Waals surface area contributed by atoms with Crippen molar-refractivity contribution in [2.45, 2.75) is 6.17 Å². The largest absolute Gasteiger partial charge is 0.335 e. The number of carbonyl (C=O) groups is 3. The molecule has 2 aromatic rings. The van der Waals surface area contributed by atoms with Crippen molar-refractivity contribution >= 4 is 29.7 Å². The Bertz CT molecular complexity index is 835. The highest BCUT2D eigenvalue weighted by Gasteiger charge is 2.26. The van der Waals surface area contributed by atoms with E-state index in [0.29, 0.717) is 17.8 Å². The molecule has 1 heterocycles. The Morgan fingerprint density at radius 2 is 1.80 bits per heavy atom. The Kier molecular flexibility index (Phi) is 4.70. The van der Waals surface area contributed by atoms with E-state index in [0.717, 1.165) is 11.1 Å². The van der Waals surface area contributed by atoms with Gasteiger partial charge in [0.15, 0.2) is 0 Å². The van der Waals surface area contributed by atoms with E-state index in [1.54, 1.807) is 12.1 Å². The summed E-state index contributed by atoms with van der Waals surface area (Å²) in [6.45, 7) is 0. The van der Waals surface area contributed by atoms with Crippen LogP contribution < -0.4 is 21.5 Å². The smallest absolute Gasteiger partial charge is 0.322 e. The van der Waals surface area contributed by atoms with Crippen LogP contribution in [0.15, 0.2) is 59.6 Å². The van der Waals surface area contributed by atoms with Gasteiger partial charge in [-0.1, -0.05) is 48.5 Å². The van der Waals surface area contributed by atoms with Gasteiger partial charge in [0.25, 0.3) is 5.91 Å². The number of urea groups is 1. The van der Waals surface area contributed by atoms with Crippen molar-refractivity contribution in [3.8, 4) is 0 Å². The quantitative estimate of drug-likeness (QED) is 0.488. The van der Waals surface area contributed by atoms with Crippen LogP contribution in [-0.2, 0) is 9.59 Å². The van der Waals surface area contributed by atoms with Gasteiger partial charge in [0, 0.05) is 11.1 Å². The van der Waals surface area contributed by atoms with Crippen LogP contribution in [0.2, 0.25) is 0 Å². The molecule has 0 saturated carbocycles. The summed E-state index contributed by atoms with van der Waals surface area (Å²) in [7, 11) is 0. The Balaban J connectivity index is 2.00. The minimum absolute atomic E-state index is 0.307. The van der Waals surface area contributed by atoms with Crippen LogP contribution in [0.3, 0.4) is 0 Å². The van der Waals surface area contributed by atoms with Crippen LogP contribution in [0, 0.1) is 0 Å². The summed E-state index contributed by atoms with van der Waals surface area (Å²) < 4.78 is 0. The first-order chi connectivity index (χ1) is 12.2. The second kappa shape index (κ2) is 7.26. The lowest BCUT2D eigenvalue weighted by molar-refractivity contribution is -0.117. The van der Waals surface area contributed by atoms with Gasteiger partial charge in [-0.25, -0.2) is 15.2 Å². The van der Waals surface area contributed by atoms with Crippen molar-refractivity contribution in [2.75, 3.05) is 5.32 Å². The molecule has 0 aliphatic carbocycles. The molecule has 1 aliphatic rings. The molecule has 1 atom stereocenters. The molecule has 0 bridgehead atoms.